The van der Waals surface area contributed by atoms with Gasteiger partial charge < -0.3 is 16.5 Å². The number of carbonyl (C=O) groups is 1. The van der Waals surface area contributed by atoms with Crippen LogP contribution in [0.3, 0.4) is 0 Å². The number of nitrogens with zero attached hydrogens (tertiary/aromatic N) is 2. The van der Waals surface area contributed by atoms with Crippen molar-refractivity contribution in [2.45, 2.75) is 33.2 Å². The normalized spacial score (nSPS) is 18.4. The molecular formula is C12H18N6O. The van der Waals surface area contributed by atoms with Crippen molar-refractivity contribution in [3.8, 4) is 0 Å². The Hall–Kier alpha value is -2.15. The number of nitrogens with two attached hydrogens (primary N) is 1. The zero-order valence-electron chi connectivity index (χ0n) is 11.2. The summed E-state index contributed by atoms with van der Waals surface area (Å²) in [7, 11) is 0. The Morgan fingerprint density at radius 2 is 2.32 bits per heavy atom. The lowest BCUT2D eigenvalue weighted by Crippen LogP contribution is -2.31. The van der Waals surface area contributed by atoms with E-state index in [1.807, 2.05) is 20.8 Å². The number of amides is 1. The van der Waals surface area contributed by atoms with E-state index in [4.69, 9.17) is 5.73 Å². The molecule has 1 aliphatic heterocycles. The molecule has 0 saturated heterocycles. The predicted molar refractivity (Wildman–Crippen MR) is 72.0 cm³/mol. The average molecular weight is 262 g/mol. The van der Waals surface area contributed by atoms with Crippen molar-refractivity contribution in [1.29, 1.82) is 0 Å². The third kappa shape index (κ3) is 2.65. The first-order valence-electron chi connectivity index (χ1n) is 6.18. The van der Waals surface area contributed by atoms with E-state index in [2.05, 4.69) is 26.1 Å². The Morgan fingerprint density at radius 1 is 1.58 bits per heavy atom. The molecule has 1 aromatic heterocycles. The van der Waals surface area contributed by atoms with Crippen molar-refractivity contribution in [3.05, 3.63) is 29.1 Å². The van der Waals surface area contributed by atoms with Gasteiger partial charge in [0.05, 0.1) is 23.6 Å². The second kappa shape index (κ2) is 5.23. The van der Waals surface area contributed by atoms with E-state index in [1.54, 1.807) is 6.20 Å². The summed E-state index contributed by atoms with van der Waals surface area (Å²) in [6.07, 6.45) is 2.25. The molecule has 7 heteroatoms. The van der Waals surface area contributed by atoms with Gasteiger partial charge in [-0.25, -0.2) is 15.4 Å². The third-order valence-electron chi connectivity index (χ3n) is 2.97. The van der Waals surface area contributed by atoms with Crippen molar-refractivity contribution in [3.63, 3.8) is 0 Å². The molecular weight excluding hydrogens is 244 g/mol. The first kappa shape index (κ1) is 13.3. The van der Waals surface area contributed by atoms with Crippen molar-refractivity contribution in [2.24, 2.45) is 5.73 Å². The highest BCUT2D eigenvalue weighted by Gasteiger charge is 2.21. The van der Waals surface area contributed by atoms with E-state index in [0.717, 1.165) is 11.4 Å². The molecule has 2 rings (SSSR count). The standard InChI is InChI=1S/C12H18N6O/c1-4-9-14-5-8(11(16-9)12(13)19)15-10-6(2)17-18-7(10)3/h5-6,15,17-18H,4H2,1-3H3,(H2,13,19). The second-order valence-corrected chi connectivity index (χ2v) is 4.42. The minimum absolute atomic E-state index is 0.103. The van der Waals surface area contributed by atoms with Crippen molar-refractivity contribution in [2.75, 3.05) is 5.32 Å². The molecule has 0 aromatic carbocycles. The van der Waals surface area contributed by atoms with Crippen LogP contribution >= 0.6 is 0 Å². The van der Waals surface area contributed by atoms with E-state index < -0.39 is 5.91 Å². The van der Waals surface area contributed by atoms with Gasteiger partial charge in [-0.15, -0.1) is 0 Å². The van der Waals surface area contributed by atoms with E-state index in [1.165, 1.54) is 0 Å². The van der Waals surface area contributed by atoms with Crippen molar-refractivity contribution in [1.82, 2.24) is 20.8 Å². The van der Waals surface area contributed by atoms with Gasteiger partial charge in [-0.1, -0.05) is 6.92 Å². The number of primary amides is 1. The molecule has 0 fully saturated rings. The van der Waals surface area contributed by atoms with Gasteiger partial charge in [-0.3, -0.25) is 4.79 Å². The molecule has 2 heterocycles. The number of allylic oxidation sites excluding steroid dienone is 1. The lowest BCUT2D eigenvalue weighted by Gasteiger charge is -2.14. The third-order valence-corrected chi connectivity index (χ3v) is 2.97. The number of nitrogens with one attached hydrogen (secondary N) is 3. The Morgan fingerprint density at radius 3 is 2.84 bits per heavy atom. The van der Waals surface area contributed by atoms with Crippen LogP contribution in [0.15, 0.2) is 17.6 Å². The first-order chi connectivity index (χ1) is 9.02. The van der Waals surface area contributed by atoms with Crippen molar-refractivity contribution >= 4 is 11.6 Å². The minimum atomic E-state index is -0.565. The number of hydrogen-bond donors (Lipinski definition) is 4. The van der Waals surface area contributed by atoms with Crippen LogP contribution in [0, 0.1) is 0 Å². The number of hydrazine groups is 1. The molecule has 0 spiro atoms. The molecule has 0 aliphatic carbocycles. The summed E-state index contributed by atoms with van der Waals surface area (Å²) in [5, 5.41) is 3.17. The molecule has 1 unspecified atom stereocenters. The summed E-state index contributed by atoms with van der Waals surface area (Å²) in [6.45, 7) is 5.86. The van der Waals surface area contributed by atoms with Crippen LogP contribution in [-0.2, 0) is 6.42 Å². The summed E-state index contributed by atoms with van der Waals surface area (Å²) in [4.78, 5) is 19.8. The highest BCUT2D eigenvalue weighted by molar-refractivity contribution is 5.96. The molecule has 1 atom stereocenters. The molecule has 102 valence electrons. The van der Waals surface area contributed by atoms with Gasteiger partial charge in [-0.05, 0) is 13.8 Å². The summed E-state index contributed by atoms with van der Waals surface area (Å²) >= 11 is 0. The Kier molecular flexibility index (Phi) is 3.66. The van der Waals surface area contributed by atoms with Gasteiger partial charge in [0, 0.05) is 12.1 Å². The van der Waals surface area contributed by atoms with Crippen LogP contribution in [0.2, 0.25) is 0 Å². The van der Waals surface area contributed by atoms with E-state index >= 15 is 0 Å². The molecule has 7 nitrogen and oxygen atoms in total. The fourth-order valence-electron chi connectivity index (χ4n) is 1.90. The number of aryl methyl sites for hydroxylation is 1. The average Bonchev–Trinajstić information content (AvgIpc) is 2.70. The first-order valence-corrected chi connectivity index (χ1v) is 6.18. The van der Waals surface area contributed by atoms with Crippen LogP contribution in [0.5, 0.6) is 0 Å². The lowest BCUT2D eigenvalue weighted by molar-refractivity contribution is 0.0996. The van der Waals surface area contributed by atoms with Gasteiger partial charge in [0.15, 0.2) is 5.69 Å². The van der Waals surface area contributed by atoms with Gasteiger partial charge >= 0.3 is 0 Å². The minimum Gasteiger partial charge on any atom is -0.364 e. The highest BCUT2D eigenvalue weighted by atomic mass is 16.1. The summed E-state index contributed by atoms with van der Waals surface area (Å²) < 4.78 is 0. The number of rotatable bonds is 4. The Labute approximate surface area is 111 Å². The van der Waals surface area contributed by atoms with Crippen LogP contribution in [0.4, 0.5) is 5.69 Å². The predicted octanol–water partition coefficient (Wildman–Crippen LogP) is 0.278. The number of aromatic nitrogens is 2. The van der Waals surface area contributed by atoms with E-state index in [0.29, 0.717) is 17.9 Å². The molecule has 1 aromatic rings. The smallest absolute Gasteiger partial charge is 0.269 e. The zero-order valence-corrected chi connectivity index (χ0v) is 11.2. The maximum absolute atomic E-state index is 11.5. The quantitative estimate of drug-likeness (QED) is 0.621. The molecule has 5 N–H and O–H groups in total. The molecule has 1 amide bonds. The molecule has 1 aliphatic rings. The van der Waals surface area contributed by atoms with E-state index in [9.17, 15) is 4.79 Å². The van der Waals surface area contributed by atoms with Crippen LogP contribution in [0.25, 0.3) is 0 Å². The van der Waals surface area contributed by atoms with Gasteiger partial charge in [0.1, 0.15) is 5.82 Å². The second-order valence-electron chi connectivity index (χ2n) is 4.42. The number of carbonyl (C=O) groups excluding carboxylic acids is 1. The van der Waals surface area contributed by atoms with Gasteiger partial charge in [0.25, 0.3) is 5.91 Å². The summed E-state index contributed by atoms with van der Waals surface area (Å²) in [5.74, 6) is 0.0326. The highest BCUT2D eigenvalue weighted by Crippen LogP contribution is 2.19. The SMILES string of the molecule is CCc1ncc(NC2=C(C)NNC2C)c(C(N)=O)n1. The lowest BCUT2D eigenvalue weighted by atomic mass is 10.2. The summed E-state index contributed by atoms with van der Waals surface area (Å²) in [5.41, 5.74) is 14.1. The molecule has 0 saturated carbocycles. The molecule has 0 bridgehead atoms. The topological polar surface area (TPSA) is 105 Å². The van der Waals surface area contributed by atoms with E-state index in [-0.39, 0.29) is 11.7 Å². The summed E-state index contributed by atoms with van der Waals surface area (Å²) in [6, 6.07) is 0.103. The zero-order chi connectivity index (χ0) is 14.0. The molecule has 0 radical (unpaired) electrons. The maximum Gasteiger partial charge on any atom is 0.269 e. The fraction of sp³-hybridized carbons (Fsp3) is 0.417. The van der Waals surface area contributed by atoms with Gasteiger partial charge in [0.2, 0.25) is 0 Å². The van der Waals surface area contributed by atoms with Gasteiger partial charge in [-0.2, -0.15) is 0 Å². The van der Waals surface area contributed by atoms with Crippen LogP contribution < -0.4 is 21.9 Å². The van der Waals surface area contributed by atoms with Crippen LogP contribution in [-0.4, -0.2) is 21.9 Å². The Balaban J connectivity index is 2.35. The largest absolute Gasteiger partial charge is 0.364 e. The monoisotopic (exact) mass is 262 g/mol. The Bertz CT molecular complexity index is 539. The van der Waals surface area contributed by atoms with Crippen molar-refractivity contribution < 1.29 is 4.79 Å². The number of anilines is 1. The number of hydrogen-bond acceptors (Lipinski definition) is 6. The maximum atomic E-state index is 11.5. The molecule has 19 heavy (non-hydrogen) atoms. The fourth-order valence-corrected chi connectivity index (χ4v) is 1.90. The van der Waals surface area contributed by atoms with Crippen LogP contribution in [0.1, 0.15) is 37.1 Å².